The molecular formula is C19H25N5OS. The molecule has 0 unspecified atom stereocenters. The number of hydrogen-bond acceptors (Lipinski definition) is 7. The summed E-state index contributed by atoms with van der Waals surface area (Å²) in [5.74, 6) is 2.12. The predicted octanol–water partition coefficient (Wildman–Crippen LogP) is 2.33. The molecule has 2 aliphatic heterocycles. The summed E-state index contributed by atoms with van der Waals surface area (Å²) in [4.78, 5) is 14.3. The molecule has 3 N–H and O–H groups in total. The fourth-order valence-corrected chi connectivity index (χ4v) is 5.40. The molecule has 1 saturated heterocycles. The van der Waals surface area contributed by atoms with Crippen molar-refractivity contribution in [2.75, 3.05) is 50.0 Å². The number of nitrogens with one attached hydrogen (secondary N) is 1. The normalized spacial score (nSPS) is 20.6. The average Bonchev–Trinajstić information content (AvgIpc) is 3.05. The summed E-state index contributed by atoms with van der Waals surface area (Å²) in [6.45, 7) is 5.26. The van der Waals surface area contributed by atoms with Gasteiger partial charge in [0.1, 0.15) is 16.5 Å². The van der Waals surface area contributed by atoms with Crippen LogP contribution in [0.3, 0.4) is 0 Å². The second-order valence-corrected chi connectivity index (χ2v) is 8.23. The summed E-state index contributed by atoms with van der Waals surface area (Å²) in [6, 6.07) is 0. The van der Waals surface area contributed by atoms with Crippen molar-refractivity contribution in [3.8, 4) is 0 Å². The highest BCUT2D eigenvalue weighted by atomic mass is 32.1. The van der Waals surface area contributed by atoms with Crippen LogP contribution in [0.2, 0.25) is 0 Å². The van der Waals surface area contributed by atoms with E-state index in [9.17, 15) is 0 Å². The Hall–Kier alpha value is -1.86. The van der Waals surface area contributed by atoms with Gasteiger partial charge in [-0.25, -0.2) is 4.98 Å². The topological polar surface area (TPSA) is 75.8 Å². The SMILES string of the molecule is Nc1c(C2=NCCCN2)sc2nc(N3CCOCC3)c3c(c12)CCCC3. The number of fused-ring (bicyclic) bond motifs is 3. The molecule has 0 aromatic carbocycles. The van der Waals surface area contributed by atoms with Gasteiger partial charge in [0, 0.05) is 31.6 Å². The van der Waals surface area contributed by atoms with Gasteiger partial charge in [0.15, 0.2) is 0 Å². The van der Waals surface area contributed by atoms with Crippen LogP contribution in [0.4, 0.5) is 11.5 Å². The van der Waals surface area contributed by atoms with Crippen LogP contribution in [0.1, 0.15) is 35.3 Å². The molecule has 7 heteroatoms. The number of hydrogen-bond donors (Lipinski definition) is 2. The van der Waals surface area contributed by atoms with Gasteiger partial charge < -0.3 is 20.7 Å². The van der Waals surface area contributed by atoms with Crippen molar-refractivity contribution >= 4 is 38.9 Å². The Balaban J connectivity index is 1.69. The zero-order valence-electron chi connectivity index (χ0n) is 15.0. The fraction of sp³-hybridized carbons (Fsp3) is 0.579. The van der Waals surface area contributed by atoms with Crippen LogP contribution < -0.4 is 16.0 Å². The molecule has 2 aromatic heterocycles. The Bertz CT molecular complexity index is 869. The van der Waals surface area contributed by atoms with E-state index in [2.05, 4.69) is 15.2 Å². The van der Waals surface area contributed by atoms with Crippen molar-refractivity contribution in [2.45, 2.75) is 32.1 Å². The highest BCUT2D eigenvalue weighted by Crippen LogP contribution is 2.42. The van der Waals surface area contributed by atoms with E-state index in [4.69, 9.17) is 15.5 Å². The van der Waals surface area contributed by atoms with Crippen LogP contribution in [-0.2, 0) is 17.6 Å². The number of aromatic nitrogens is 1. The summed E-state index contributed by atoms with van der Waals surface area (Å²) < 4.78 is 5.54. The molecule has 4 heterocycles. The van der Waals surface area contributed by atoms with Crippen LogP contribution in [0, 0.1) is 0 Å². The van der Waals surface area contributed by atoms with E-state index in [1.54, 1.807) is 11.3 Å². The van der Waals surface area contributed by atoms with Gasteiger partial charge in [0.05, 0.1) is 23.8 Å². The Morgan fingerprint density at radius 1 is 1.08 bits per heavy atom. The van der Waals surface area contributed by atoms with Crippen LogP contribution in [0.15, 0.2) is 4.99 Å². The summed E-state index contributed by atoms with van der Waals surface area (Å²) in [7, 11) is 0. The molecule has 5 rings (SSSR count). The first-order chi connectivity index (χ1) is 12.8. The lowest BCUT2D eigenvalue weighted by atomic mass is 9.89. The number of thiophene rings is 1. The molecule has 6 nitrogen and oxygen atoms in total. The Morgan fingerprint density at radius 3 is 2.65 bits per heavy atom. The number of pyridine rings is 1. The molecule has 1 fully saturated rings. The summed E-state index contributed by atoms with van der Waals surface area (Å²) in [6.07, 6.45) is 5.77. The zero-order chi connectivity index (χ0) is 17.5. The molecule has 1 aliphatic carbocycles. The van der Waals surface area contributed by atoms with E-state index in [1.807, 2.05) is 0 Å². The molecule has 2 aromatic rings. The first-order valence-corrected chi connectivity index (χ1v) is 10.5. The highest BCUT2D eigenvalue weighted by molar-refractivity contribution is 7.21. The molecule has 0 atom stereocenters. The number of aryl methyl sites for hydroxylation is 1. The standard InChI is InChI=1S/C19H25N5OS/c20-15-14-12-4-1-2-5-13(12)18(24-8-10-25-11-9-24)23-19(14)26-16(15)17-21-6-3-7-22-17/h1-11,20H2,(H,21,22). The smallest absolute Gasteiger partial charge is 0.140 e. The fourth-order valence-electron chi connectivity index (χ4n) is 4.29. The first-order valence-electron chi connectivity index (χ1n) is 9.68. The van der Waals surface area contributed by atoms with Crippen molar-refractivity contribution in [1.29, 1.82) is 0 Å². The van der Waals surface area contributed by atoms with Gasteiger partial charge >= 0.3 is 0 Å². The molecule has 0 bridgehead atoms. The van der Waals surface area contributed by atoms with Crippen molar-refractivity contribution in [3.05, 3.63) is 16.0 Å². The third kappa shape index (κ3) is 2.65. The minimum absolute atomic E-state index is 0.785. The molecule has 3 aliphatic rings. The second kappa shape index (κ2) is 6.70. The lowest BCUT2D eigenvalue weighted by Gasteiger charge is -2.31. The molecule has 0 saturated carbocycles. The van der Waals surface area contributed by atoms with E-state index >= 15 is 0 Å². The van der Waals surface area contributed by atoms with Crippen molar-refractivity contribution in [3.63, 3.8) is 0 Å². The van der Waals surface area contributed by atoms with Crippen LogP contribution in [0.5, 0.6) is 0 Å². The Kier molecular flexibility index (Phi) is 4.21. The highest BCUT2D eigenvalue weighted by Gasteiger charge is 2.27. The van der Waals surface area contributed by atoms with E-state index in [1.165, 1.54) is 35.2 Å². The monoisotopic (exact) mass is 371 g/mol. The van der Waals surface area contributed by atoms with Gasteiger partial charge in [-0.2, -0.15) is 0 Å². The van der Waals surface area contributed by atoms with Crippen LogP contribution >= 0.6 is 11.3 Å². The third-order valence-corrected chi connectivity index (χ3v) is 6.70. The average molecular weight is 372 g/mol. The largest absolute Gasteiger partial charge is 0.397 e. The molecule has 138 valence electrons. The number of nitrogens with two attached hydrogens (primary N) is 1. The Labute approximate surface area is 157 Å². The maximum absolute atomic E-state index is 6.64. The van der Waals surface area contributed by atoms with Crippen LogP contribution in [0.25, 0.3) is 10.2 Å². The predicted molar refractivity (Wildman–Crippen MR) is 108 cm³/mol. The number of anilines is 2. The van der Waals surface area contributed by atoms with Crippen molar-refractivity contribution in [2.24, 2.45) is 4.99 Å². The summed E-state index contributed by atoms with van der Waals surface area (Å²) in [5, 5.41) is 4.61. The number of nitrogen functional groups attached to an aromatic ring is 1. The molecule has 0 spiro atoms. The first kappa shape index (κ1) is 16.3. The minimum Gasteiger partial charge on any atom is -0.397 e. The third-order valence-electron chi connectivity index (χ3n) is 5.60. The molecule has 0 amide bonds. The number of morpholine rings is 1. The van der Waals surface area contributed by atoms with Crippen LogP contribution in [-0.4, -0.2) is 50.2 Å². The summed E-state index contributed by atoms with van der Waals surface area (Å²) >= 11 is 1.69. The minimum atomic E-state index is 0.785. The van der Waals surface area contributed by atoms with Gasteiger partial charge in [-0.3, -0.25) is 4.99 Å². The summed E-state index contributed by atoms with van der Waals surface area (Å²) in [5.41, 5.74) is 10.4. The molecule has 0 radical (unpaired) electrons. The van der Waals surface area contributed by atoms with Crippen molar-refractivity contribution < 1.29 is 4.74 Å². The van der Waals surface area contributed by atoms with E-state index in [-0.39, 0.29) is 0 Å². The number of nitrogens with zero attached hydrogens (tertiary/aromatic N) is 3. The molecular weight excluding hydrogens is 346 g/mol. The number of aliphatic imine (C=N–C) groups is 1. The van der Waals surface area contributed by atoms with E-state index < -0.39 is 0 Å². The van der Waals surface area contributed by atoms with Gasteiger partial charge in [0.25, 0.3) is 0 Å². The lowest BCUT2D eigenvalue weighted by Crippen LogP contribution is -2.37. The van der Waals surface area contributed by atoms with Gasteiger partial charge in [-0.1, -0.05) is 0 Å². The van der Waals surface area contributed by atoms with Gasteiger partial charge in [-0.15, -0.1) is 11.3 Å². The number of amidine groups is 1. The zero-order valence-corrected chi connectivity index (χ0v) is 15.8. The maximum Gasteiger partial charge on any atom is 0.140 e. The van der Waals surface area contributed by atoms with Gasteiger partial charge in [-0.05, 0) is 43.2 Å². The second-order valence-electron chi connectivity index (χ2n) is 7.23. The van der Waals surface area contributed by atoms with Gasteiger partial charge in [0.2, 0.25) is 0 Å². The Morgan fingerprint density at radius 2 is 1.88 bits per heavy atom. The number of rotatable bonds is 2. The maximum atomic E-state index is 6.64. The molecule has 26 heavy (non-hydrogen) atoms. The lowest BCUT2D eigenvalue weighted by molar-refractivity contribution is 0.122. The van der Waals surface area contributed by atoms with E-state index in [0.29, 0.717) is 0 Å². The quantitative estimate of drug-likeness (QED) is 0.847. The van der Waals surface area contributed by atoms with Crippen molar-refractivity contribution in [1.82, 2.24) is 10.3 Å². The number of ether oxygens (including phenoxy) is 1. The van der Waals surface area contributed by atoms with E-state index in [0.717, 1.165) is 79.9 Å².